The van der Waals surface area contributed by atoms with Crippen molar-refractivity contribution in [1.29, 1.82) is 0 Å². The van der Waals surface area contributed by atoms with Gasteiger partial charge in [0.15, 0.2) is 5.82 Å². The molecule has 1 unspecified atom stereocenters. The minimum atomic E-state index is -4.93. The van der Waals surface area contributed by atoms with Gasteiger partial charge in [-0.2, -0.15) is 26.3 Å². The number of carbonyl (C=O) groups excluding carboxylic acids is 1. The molecule has 2 N–H and O–H groups in total. The summed E-state index contributed by atoms with van der Waals surface area (Å²) in [5.74, 6) is -3.78. The van der Waals surface area contributed by atoms with Gasteiger partial charge in [-0.15, -0.1) is 0 Å². The van der Waals surface area contributed by atoms with Gasteiger partial charge in [0.2, 0.25) is 5.78 Å². The zero-order valence-electron chi connectivity index (χ0n) is 19.5. The van der Waals surface area contributed by atoms with E-state index in [1.54, 1.807) is 6.07 Å². The lowest BCUT2D eigenvalue weighted by molar-refractivity contribution is -0.141. The molecule has 0 fully saturated rings. The van der Waals surface area contributed by atoms with Crippen LogP contribution in [-0.2, 0) is 12.4 Å². The molecule has 0 aliphatic heterocycles. The lowest BCUT2D eigenvalue weighted by Crippen LogP contribution is -2.16. The number of ketones is 1. The molecule has 0 saturated carbocycles. The summed E-state index contributed by atoms with van der Waals surface area (Å²) >= 11 is 0. The minimum absolute atomic E-state index is 0.0757. The number of alkyl halides is 6. The van der Waals surface area contributed by atoms with Crippen LogP contribution in [0, 0.1) is 11.6 Å². The first-order valence-electron chi connectivity index (χ1n) is 11.2. The van der Waals surface area contributed by atoms with Gasteiger partial charge >= 0.3 is 12.4 Å². The molecule has 3 nitrogen and oxygen atoms in total. The highest BCUT2D eigenvalue weighted by Crippen LogP contribution is 2.41. The van der Waals surface area contributed by atoms with E-state index in [0.29, 0.717) is 18.2 Å². The van der Waals surface area contributed by atoms with Crippen LogP contribution in [-0.4, -0.2) is 10.9 Å². The summed E-state index contributed by atoms with van der Waals surface area (Å²) in [5.41, 5.74) is -4.65. The Bertz CT molecular complexity index is 1500. The molecule has 0 amide bonds. The molecule has 0 heterocycles. The summed E-state index contributed by atoms with van der Waals surface area (Å²) in [5, 5.41) is 12.9. The maximum atomic E-state index is 15.2. The zero-order valence-corrected chi connectivity index (χ0v) is 19.5. The van der Waals surface area contributed by atoms with Gasteiger partial charge in [0, 0.05) is 5.69 Å². The molecule has 1 atom stereocenters. The van der Waals surface area contributed by atoms with E-state index in [1.165, 1.54) is 36.4 Å². The monoisotopic (exact) mass is 551 g/mol. The fourth-order valence-electron chi connectivity index (χ4n) is 3.89. The van der Waals surface area contributed by atoms with Gasteiger partial charge in [-0.05, 0) is 59.2 Å². The number of nitrogens with one attached hydrogen (secondary N) is 1. The van der Waals surface area contributed by atoms with Crippen LogP contribution in [0.15, 0.2) is 84.9 Å². The predicted octanol–water partition coefficient (Wildman–Crippen LogP) is 8.33. The van der Waals surface area contributed by atoms with Crippen LogP contribution in [0.1, 0.15) is 33.2 Å². The molecule has 4 rings (SSSR count). The fraction of sp³-hybridized carbons (Fsp3) is 0.107. The molecule has 0 aromatic heterocycles. The van der Waals surface area contributed by atoms with Gasteiger partial charge in [-0.25, -0.2) is 8.78 Å². The molecule has 11 heteroatoms. The first-order valence-corrected chi connectivity index (χ1v) is 11.2. The number of anilines is 2. The molecule has 4 aromatic carbocycles. The highest BCUT2D eigenvalue weighted by atomic mass is 19.4. The molecule has 4 aromatic rings. The second-order valence-corrected chi connectivity index (χ2v) is 8.42. The van der Waals surface area contributed by atoms with Gasteiger partial charge < -0.3 is 10.4 Å². The number of benzene rings is 4. The van der Waals surface area contributed by atoms with E-state index in [-0.39, 0.29) is 22.5 Å². The SMILES string of the molecule is O=C(c1c(F)ccc(Nc2ccc(-c3cc(C(F)(F)F)ccc3C(F)(F)F)cc2)c1F)C(O)c1ccccc1. The Labute approximate surface area is 216 Å². The average molecular weight is 551 g/mol. The molecule has 202 valence electrons. The predicted molar refractivity (Wildman–Crippen MR) is 127 cm³/mol. The topological polar surface area (TPSA) is 49.3 Å². The van der Waals surface area contributed by atoms with Crippen molar-refractivity contribution in [2.45, 2.75) is 18.5 Å². The van der Waals surface area contributed by atoms with Crippen LogP contribution in [0.5, 0.6) is 0 Å². The van der Waals surface area contributed by atoms with Crippen LogP contribution in [0.2, 0.25) is 0 Å². The summed E-state index contributed by atoms with van der Waals surface area (Å²) in [7, 11) is 0. The molecule has 39 heavy (non-hydrogen) atoms. The highest BCUT2D eigenvalue weighted by Gasteiger charge is 2.37. The molecular weight excluding hydrogens is 534 g/mol. The van der Waals surface area contributed by atoms with E-state index in [1.807, 2.05) is 0 Å². The van der Waals surface area contributed by atoms with E-state index < -0.39 is 58.1 Å². The third-order valence-corrected chi connectivity index (χ3v) is 5.83. The Balaban J connectivity index is 1.65. The number of rotatable bonds is 6. The number of hydrogen-bond acceptors (Lipinski definition) is 3. The Hall–Kier alpha value is -4.25. The summed E-state index contributed by atoms with van der Waals surface area (Å²) in [6.07, 6.45) is -11.6. The van der Waals surface area contributed by atoms with Gasteiger partial charge in [0.25, 0.3) is 0 Å². The maximum Gasteiger partial charge on any atom is 0.417 e. The number of aliphatic hydroxyl groups excluding tert-OH is 1. The van der Waals surface area contributed by atoms with Gasteiger partial charge in [0.1, 0.15) is 11.9 Å². The number of hydrogen-bond donors (Lipinski definition) is 2. The quantitative estimate of drug-likeness (QED) is 0.187. The summed E-state index contributed by atoms with van der Waals surface area (Å²) in [4.78, 5) is 12.7. The van der Waals surface area contributed by atoms with Crippen LogP contribution in [0.25, 0.3) is 11.1 Å². The van der Waals surface area contributed by atoms with Crippen molar-refractivity contribution in [3.05, 3.63) is 119 Å². The van der Waals surface area contributed by atoms with Crippen molar-refractivity contribution >= 4 is 17.2 Å². The van der Waals surface area contributed by atoms with E-state index in [4.69, 9.17) is 0 Å². The molecule has 0 aliphatic rings. The minimum Gasteiger partial charge on any atom is -0.380 e. The summed E-state index contributed by atoms with van der Waals surface area (Å²) < 4.78 is 109. The highest BCUT2D eigenvalue weighted by molar-refractivity contribution is 6.01. The number of aliphatic hydroxyl groups is 1. The van der Waals surface area contributed by atoms with Crippen molar-refractivity contribution in [2.75, 3.05) is 5.32 Å². The number of carbonyl (C=O) groups is 1. The van der Waals surface area contributed by atoms with Crippen molar-refractivity contribution in [3.63, 3.8) is 0 Å². The van der Waals surface area contributed by atoms with Crippen molar-refractivity contribution < 1.29 is 45.0 Å². The van der Waals surface area contributed by atoms with Crippen molar-refractivity contribution in [2.24, 2.45) is 0 Å². The van der Waals surface area contributed by atoms with Crippen LogP contribution >= 0.6 is 0 Å². The van der Waals surface area contributed by atoms with E-state index in [2.05, 4.69) is 5.32 Å². The van der Waals surface area contributed by atoms with Gasteiger partial charge in [0.05, 0.1) is 22.4 Å². The molecule has 0 bridgehead atoms. The lowest BCUT2D eigenvalue weighted by Gasteiger charge is -2.17. The van der Waals surface area contributed by atoms with Gasteiger partial charge in [-0.1, -0.05) is 42.5 Å². The molecule has 0 aliphatic carbocycles. The third-order valence-electron chi connectivity index (χ3n) is 5.83. The first kappa shape index (κ1) is 27.8. The molecule has 0 radical (unpaired) electrons. The number of Topliss-reactive ketones (excluding diaryl/α,β-unsaturated/α-hetero) is 1. The Morgan fingerprint density at radius 3 is 2.00 bits per heavy atom. The maximum absolute atomic E-state index is 15.2. The van der Waals surface area contributed by atoms with Gasteiger partial charge in [-0.3, -0.25) is 4.79 Å². The zero-order chi connectivity index (χ0) is 28.5. The number of halogens is 8. The first-order chi connectivity index (χ1) is 18.3. The summed E-state index contributed by atoms with van der Waals surface area (Å²) in [6, 6.07) is 14.9. The molecule has 0 saturated heterocycles. The Kier molecular flexibility index (Phi) is 7.47. The van der Waals surface area contributed by atoms with Crippen molar-refractivity contribution in [3.8, 4) is 11.1 Å². The lowest BCUT2D eigenvalue weighted by atomic mass is 9.96. The fourth-order valence-corrected chi connectivity index (χ4v) is 3.89. The summed E-state index contributed by atoms with van der Waals surface area (Å²) in [6.45, 7) is 0. The van der Waals surface area contributed by atoms with E-state index in [0.717, 1.165) is 24.3 Å². The third kappa shape index (κ3) is 5.93. The average Bonchev–Trinajstić information content (AvgIpc) is 2.89. The standard InChI is InChI=1S/C28H17F8NO2/c29-21-12-13-22(24(30)23(21)26(39)25(38)16-4-2-1-3-5-16)37-18-9-6-15(7-10-18)19-14-17(27(31,32)33)8-11-20(19)28(34,35)36/h1-14,25,37-38H. The second-order valence-electron chi connectivity index (χ2n) is 8.42. The van der Waals surface area contributed by atoms with Crippen molar-refractivity contribution in [1.82, 2.24) is 0 Å². The van der Waals surface area contributed by atoms with Crippen LogP contribution in [0.3, 0.4) is 0 Å². The van der Waals surface area contributed by atoms with Crippen LogP contribution < -0.4 is 5.32 Å². The Morgan fingerprint density at radius 2 is 1.41 bits per heavy atom. The van der Waals surface area contributed by atoms with Crippen LogP contribution in [0.4, 0.5) is 46.5 Å². The van der Waals surface area contributed by atoms with E-state index >= 15 is 4.39 Å². The second kappa shape index (κ2) is 10.5. The molecular formula is C28H17F8NO2. The van der Waals surface area contributed by atoms with E-state index in [9.17, 15) is 40.6 Å². The normalized spacial score (nSPS) is 12.7. The largest absolute Gasteiger partial charge is 0.417 e. The Morgan fingerprint density at radius 1 is 0.769 bits per heavy atom. The molecule has 0 spiro atoms. The smallest absolute Gasteiger partial charge is 0.380 e.